The standard InChI is InChI=1S/C9H21INO2/c1-3-7-13-8-5-6-10-11-9(12)4-2/h9,11-12H,3-8H2,1-2H3/q-1. The maximum atomic E-state index is 9.18. The molecular weight excluding hydrogens is 281 g/mol. The van der Waals surface area contributed by atoms with Crippen LogP contribution in [0, 0.1) is 0 Å². The molecule has 0 aromatic rings. The first-order valence-corrected chi connectivity index (χ1v) is 7.51. The molecule has 82 valence electrons. The number of hydrogen-bond donors (Lipinski definition) is 2. The van der Waals surface area contributed by atoms with Gasteiger partial charge in [0, 0.05) is 0 Å². The molecule has 0 bridgehead atoms. The molecule has 1 atom stereocenters. The number of aliphatic hydroxyl groups is 1. The molecule has 2 N–H and O–H groups in total. The summed E-state index contributed by atoms with van der Waals surface area (Å²) in [6, 6.07) is 0. The van der Waals surface area contributed by atoms with Gasteiger partial charge >= 0.3 is 91.8 Å². The van der Waals surface area contributed by atoms with Crippen LogP contribution >= 0.6 is 0 Å². The Labute approximate surface area is 91.9 Å². The molecule has 0 aromatic heterocycles. The van der Waals surface area contributed by atoms with Crippen LogP contribution in [0.25, 0.3) is 0 Å². The maximum absolute atomic E-state index is 9.18. The van der Waals surface area contributed by atoms with E-state index in [-0.39, 0.29) is 27.7 Å². The first-order valence-electron chi connectivity index (χ1n) is 4.90. The van der Waals surface area contributed by atoms with Crippen LogP contribution in [-0.4, -0.2) is 29.0 Å². The van der Waals surface area contributed by atoms with Gasteiger partial charge in [0.15, 0.2) is 0 Å². The zero-order chi connectivity index (χ0) is 9.94. The van der Waals surface area contributed by atoms with Crippen molar-refractivity contribution in [2.75, 3.05) is 17.6 Å². The van der Waals surface area contributed by atoms with Crippen molar-refractivity contribution in [2.24, 2.45) is 0 Å². The molecule has 13 heavy (non-hydrogen) atoms. The average molecular weight is 302 g/mol. The van der Waals surface area contributed by atoms with Gasteiger partial charge in [0.05, 0.1) is 0 Å². The van der Waals surface area contributed by atoms with Gasteiger partial charge in [-0.2, -0.15) is 0 Å². The molecule has 0 saturated carbocycles. The van der Waals surface area contributed by atoms with Gasteiger partial charge in [-0.25, -0.2) is 0 Å². The van der Waals surface area contributed by atoms with Crippen molar-refractivity contribution >= 4 is 0 Å². The Morgan fingerprint density at radius 2 is 2.15 bits per heavy atom. The molecule has 0 aliphatic rings. The molecule has 0 fully saturated rings. The van der Waals surface area contributed by atoms with Crippen molar-refractivity contribution in [3.8, 4) is 0 Å². The third-order valence-corrected chi connectivity index (χ3v) is 3.92. The molecule has 0 aromatic carbocycles. The molecule has 0 aliphatic carbocycles. The Morgan fingerprint density at radius 1 is 1.38 bits per heavy atom. The van der Waals surface area contributed by atoms with Gasteiger partial charge in [-0.05, 0) is 0 Å². The van der Waals surface area contributed by atoms with Crippen molar-refractivity contribution < 1.29 is 31.3 Å². The van der Waals surface area contributed by atoms with E-state index in [1.54, 1.807) is 0 Å². The zero-order valence-corrected chi connectivity index (χ0v) is 10.7. The Balaban J connectivity index is 2.91. The third kappa shape index (κ3) is 10.5. The Morgan fingerprint density at radius 3 is 2.77 bits per heavy atom. The van der Waals surface area contributed by atoms with E-state index in [2.05, 4.69) is 10.5 Å². The molecule has 0 amide bonds. The number of halogens is 1. The van der Waals surface area contributed by atoms with Crippen molar-refractivity contribution in [1.29, 1.82) is 0 Å². The van der Waals surface area contributed by atoms with Gasteiger partial charge in [0.1, 0.15) is 0 Å². The van der Waals surface area contributed by atoms with E-state index in [9.17, 15) is 5.11 Å². The van der Waals surface area contributed by atoms with E-state index in [0.29, 0.717) is 0 Å². The Hall–Kier alpha value is 0.610. The quantitative estimate of drug-likeness (QED) is 0.172. The molecule has 0 heterocycles. The van der Waals surface area contributed by atoms with Crippen LogP contribution in [0.15, 0.2) is 0 Å². The summed E-state index contributed by atoms with van der Waals surface area (Å²) in [4.78, 5) is 0. The van der Waals surface area contributed by atoms with E-state index < -0.39 is 0 Å². The van der Waals surface area contributed by atoms with Crippen molar-refractivity contribution in [1.82, 2.24) is 3.53 Å². The summed E-state index contributed by atoms with van der Waals surface area (Å²) in [7, 11) is 0. The summed E-state index contributed by atoms with van der Waals surface area (Å²) in [6.45, 7) is 5.85. The molecule has 0 rings (SSSR count). The van der Waals surface area contributed by atoms with Crippen molar-refractivity contribution in [2.45, 2.75) is 39.3 Å². The predicted molar refractivity (Wildman–Crippen MR) is 50.0 cm³/mol. The second kappa shape index (κ2) is 10.7. The fraction of sp³-hybridized carbons (Fsp3) is 1.00. The number of alkyl halides is 1. The minimum atomic E-state index is -0.288. The van der Waals surface area contributed by atoms with Crippen LogP contribution in [0.3, 0.4) is 0 Å². The average Bonchev–Trinajstić information content (AvgIpc) is 2.16. The van der Waals surface area contributed by atoms with Gasteiger partial charge in [-0.3, -0.25) is 0 Å². The van der Waals surface area contributed by atoms with Crippen LogP contribution in [0.5, 0.6) is 0 Å². The number of nitrogens with one attached hydrogen (secondary N) is 1. The van der Waals surface area contributed by atoms with Crippen LogP contribution in [0.2, 0.25) is 0 Å². The van der Waals surface area contributed by atoms with Gasteiger partial charge in [-0.15, -0.1) is 0 Å². The molecule has 0 aliphatic heterocycles. The van der Waals surface area contributed by atoms with E-state index in [4.69, 9.17) is 4.74 Å². The summed E-state index contributed by atoms with van der Waals surface area (Å²) in [5, 5.41) is 9.18. The van der Waals surface area contributed by atoms with Crippen LogP contribution in [0.1, 0.15) is 33.1 Å². The minimum absolute atomic E-state index is 0.0241. The van der Waals surface area contributed by atoms with Crippen LogP contribution in [-0.2, 0) is 4.74 Å². The number of aliphatic hydroxyl groups excluding tert-OH is 1. The molecule has 1 unspecified atom stereocenters. The molecule has 0 saturated heterocycles. The second-order valence-corrected chi connectivity index (χ2v) is 5.29. The summed E-state index contributed by atoms with van der Waals surface area (Å²) >= 11 is -0.0241. The second-order valence-electron chi connectivity index (χ2n) is 2.82. The molecule has 0 radical (unpaired) electrons. The zero-order valence-electron chi connectivity index (χ0n) is 8.55. The summed E-state index contributed by atoms with van der Waals surface area (Å²) < 4.78 is 9.66. The summed E-state index contributed by atoms with van der Waals surface area (Å²) in [5.74, 6) is 0. The molecular formula is C9H21INO2-. The molecule has 4 heteroatoms. The topological polar surface area (TPSA) is 41.5 Å². The van der Waals surface area contributed by atoms with Crippen molar-refractivity contribution in [3.05, 3.63) is 0 Å². The third-order valence-electron chi connectivity index (χ3n) is 1.46. The number of rotatable bonds is 9. The van der Waals surface area contributed by atoms with E-state index in [1.807, 2.05) is 6.92 Å². The van der Waals surface area contributed by atoms with Crippen LogP contribution in [0.4, 0.5) is 0 Å². The van der Waals surface area contributed by atoms with E-state index >= 15 is 0 Å². The molecule has 0 spiro atoms. The SMILES string of the molecule is CCCOCCC[I-]NC(O)CC. The van der Waals surface area contributed by atoms with Gasteiger partial charge in [0.2, 0.25) is 0 Å². The molecule has 3 nitrogen and oxygen atoms in total. The fourth-order valence-corrected chi connectivity index (χ4v) is 2.64. The van der Waals surface area contributed by atoms with Crippen molar-refractivity contribution in [3.63, 3.8) is 0 Å². The summed E-state index contributed by atoms with van der Waals surface area (Å²) in [6.07, 6.45) is 2.73. The first kappa shape index (κ1) is 13.6. The monoisotopic (exact) mass is 302 g/mol. The van der Waals surface area contributed by atoms with Gasteiger partial charge in [0.25, 0.3) is 0 Å². The normalized spacial score (nSPS) is 13.5. The Kier molecular flexibility index (Phi) is 11.2. The van der Waals surface area contributed by atoms with Gasteiger partial charge in [-0.1, -0.05) is 0 Å². The van der Waals surface area contributed by atoms with E-state index in [1.165, 1.54) is 4.43 Å². The Bertz CT molecular complexity index is 104. The van der Waals surface area contributed by atoms with E-state index in [0.717, 1.165) is 32.5 Å². The number of hydrogen-bond acceptors (Lipinski definition) is 3. The first-order chi connectivity index (χ1) is 6.31. The van der Waals surface area contributed by atoms with Crippen LogP contribution < -0.4 is 25.0 Å². The van der Waals surface area contributed by atoms with Gasteiger partial charge < -0.3 is 0 Å². The number of ether oxygens (including phenoxy) is 1. The predicted octanol–water partition coefficient (Wildman–Crippen LogP) is -1.87. The fourth-order valence-electron chi connectivity index (χ4n) is 0.691. The summed E-state index contributed by atoms with van der Waals surface area (Å²) in [5.41, 5.74) is 0.